The Morgan fingerprint density at radius 3 is 1.92 bits per heavy atom. The van der Waals surface area contributed by atoms with Crippen LogP contribution in [-0.2, 0) is 6.54 Å². The van der Waals surface area contributed by atoms with E-state index in [9.17, 15) is 4.79 Å². The monoisotopic (exact) mass is 331 g/mol. The zero-order valence-corrected chi connectivity index (χ0v) is 14.0. The molecule has 4 rings (SSSR count). The van der Waals surface area contributed by atoms with Crippen LogP contribution in [0.4, 0.5) is 0 Å². The van der Waals surface area contributed by atoms with Crippen molar-refractivity contribution >= 4 is 38.7 Å². The van der Waals surface area contributed by atoms with Gasteiger partial charge in [0.2, 0.25) is 5.12 Å². The van der Waals surface area contributed by atoms with Crippen LogP contribution in [0.1, 0.15) is 10.4 Å². The molecule has 0 saturated heterocycles. The number of nitrogens with zero attached hydrogens (tertiary/aromatic N) is 1. The summed E-state index contributed by atoms with van der Waals surface area (Å²) in [4.78, 5) is 12.3. The van der Waals surface area contributed by atoms with Gasteiger partial charge in [0.1, 0.15) is 0 Å². The van der Waals surface area contributed by atoms with Gasteiger partial charge in [-0.05, 0) is 12.1 Å². The van der Waals surface area contributed by atoms with Gasteiger partial charge in [0.05, 0.1) is 0 Å². The summed E-state index contributed by atoms with van der Waals surface area (Å²) >= 11 is 1.39. The zero-order chi connectivity index (χ0) is 16.4. The van der Waals surface area contributed by atoms with E-state index >= 15 is 0 Å². The Hall–Kier alpha value is -2.52. The summed E-state index contributed by atoms with van der Waals surface area (Å²) in [7, 11) is 0. The molecule has 0 bridgehead atoms. The van der Waals surface area contributed by atoms with E-state index in [-0.39, 0.29) is 5.12 Å². The molecular formula is C21H17NOS. The van der Waals surface area contributed by atoms with Crippen molar-refractivity contribution in [1.29, 1.82) is 0 Å². The molecule has 0 aliphatic carbocycles. The summed E-state index contributed by atoms with van der Waals surface area (Å²) < 4.78 is 2.32. The van der Waals surface area contributed by atoms with Crippen molar-refractivity contribution in [2.45, 2.75) is 6.54 Å². The van der Waals surface area contributed by atoms with Crippen LogP contribution in [-0.4, -0.2) is 15.4 Å². The SMILES string of the molecule is O=C(SCCn1c2ccccc2c2ccccc21)c1ccccc1. The molecule has 0 N–H and O–H groups in total. The molecule has 24 heavy (non-hydrogen) atoms. The smallest absolute Gasteiger partial charge is 0.219 e. The Bertz CT molecular complexity index is 951. The molecule has 0 spiro atoms. The molecule has 1 heterocycles. The lowest BCUT2D eigenvalue weighted by Gasteiger charge is -2.07. The number of hydrogen-bond acceptors (Lipinski definition) is 2. The van der Waals surface area contributed by atoms with E-state index in [0.717, 1.165) is 17.9 Å². The molecule has 0 aliphatic rings. The zero-order valence-electron chi connectivity index (χ0n) is 13.2. The van der Waals surface area contributed by atoms with E-state index in [1.807, 2.05) is 30.3 Å². The minimum atomic E-state index is 0.136. The second kappa shape index (κ2) is 6.54. The van der Waals surface area contributed by atoms with Crippen LogP contribution in [0, 0.1) is 0 Å². The number of carbonyl (C=O) groups excluding carboxylic acids is 1. The normalized spacial score (nSPS) is 11.2. The summed E-state index contributed by atoms with van der Waals surface area (Å²) in [6.07, 6.45) is 0. The maximum absolute atomic E-state index is 12.3. The van der Waals surface area contributed by atoms with E-state index in [1.165, 1.54) is 33.6 Å². The first-order valence-corrected chi connectivity index (χ1v) is 9.01. The lowest BCUT2D eigenvalue weighted by atomic mass is 10.2. The average Bonchev–Trinajstić information content (AvgIpc) is 2.97. The number of carbonyl (C=O) groups is 1. The number of aryl methyl sites for hydroxylation is 1. The predicted octanol–water partition coefficient (Wildman–Crippen LogP) is 5.37. The maximum atomic E-state index is 12.3. The van der Waals surface area contributed by atoms with Gasteiger partial charge < -0.3 is 4.57 Å². The summed E-state index contributed by atoms with van der Waals surface area (Å²) in [5, 5.41) is 2.68. The van der Waals surface area contributed by atoms with Gasteiger partial charge in [-0.15, -0.1) is 0 Å². The van der Waals surface area contributed by atoms with Crippen molar-refractivity contribution in [2.24, 2.45) is 0 Å². The quantitative estimate of drug-likeness (QED) is 0.501. The molecular weight excluding hydrogens is 314 g/mol. The molecule has 0 fully saturated rings. The molecule has 3 aromatic carbocycles. The highest BCUT2D eigenvalue weighted by Crippen LogP contribution is 2.29. The van der Waals surface area contributed by atoms with E-state index in [4.69, 9.17) is 0 Å². The molecule has 0 amide bonds. The van der Waals surface area contributed by atoms with Crippen molar-refractivity contribution in [3.63, 3.8) is 0 Å². The minimum Gasteiger partial charge on any atom is -0.340 e. The average molecular weight is 331 g/mol. The third-order valence-electron chi connectivity index (χ3n) is 4.24. The van der Waals surface area contributed by atoms with Crippen LogP contribution in [0.15, 0.2) is 78.9 Å². The first-order valence-electron chi connectivity index (χ1n) is 8.03. The highest BCUT2D eigenvalue weighted by molar-refractivity contribution is 8.14. The van der Waals surface area contributed by atoms with Gasteiger partial charge in [-0.2, -0.15) is 0 Å². The summed E-state index contributed by atoms with van der Waals surface area (Å²) in [5.74, 6) is 0.760. The van der Waals surface area contributed by atoms with Gasteiger partial charge in [0.25, 0.3) is 0 Å². The van der Waals surface area contributed by atoms with Crippen molar-refractivity contribution in [1.82, 2.24) is 4.57 Å². The van der Waals surface area contributed by atoms with Crippen molar-refractivity contribution in [3.8, 4) is 0 Å². The van der Waals surface area contributed by atoms with Gasteiger partial charge in [-0.3, -0.25) is 4.79 Å². The first-order chi connectivity index (χ1) is 11.8. The first kappa shape index (κ1) is 15.0. The standard InChI is InChI=1S/C21H17NOS/c23-21(16-8-2-1-3-9-16)24-15-14-22-19-12-6-4-10-17(19)18-11-5-7-13-20(18)22/h1-13H,14-15H2. The van der Waals surface area contributed by atoms with E-state index in [1.54, 1.807) is 0 Å². The minimum absolute atomic E-state index is 0.136. The lowest BCUT2D eigenvalue weighted by molar-refractivity contribution is 0.108. The van der Waals surface area contributed by atoms with Crippen LogP contribution in [0.2, 0.25) is 0 Å². The molecule has 0 unspecified atom stereocenters. The Kier molecular flexibility index (Phi) is 4.09. The van der Waals surface area contributed by atoms with Gasteiger partial charge in [-0.1, -0.05) is 78.5 Å². The van der Waals surface area contributed by atoms with Gasteiger partial charge in [0, 0.05) is 39.7 Å². The Labute approximate surface area is 145 Å². The van der Waals surface area contributed by atoms with Crippen LogP contribution < -0.4 is 0 Å². The van der Waals surface area contributed by atoms with E-state index in [2.05, 4.69) is 53.1 Å². The number of fused-ring (bicyclic) bond motifs is 3. The fourth-order valence-electron chi connectivity index (χ4n) is 3.13. The number of thioether (sulfide) groups is 1. The van der Waals surface area contributed by atoms with E-state index in [0.29, 0.717) is 0 Å². The Morgan fingerprint density at radius 2 is 1.29 bits per heavy atom. The molecule has 1 aromatic heterocycles. The van der Waals surface area contributed by atoms with Crippen molar-refractivity contribution < 1.29 is 4.79 Å². The number of hydrogen-bond donors (Lipinski definition) is 0. The topological polar surface area (TPSA) is 22.0 Å². The summed E-state index contributed by atoms with van der Waals surface area (Å²) in [6.45, 7) is 0.817. The fraction of sp³-hybridized carbons (Fsp3) is 0.0952. The second-order valence-electron chi connectivity index (χ2n) is 5.69. The lowest BCUT2D eigenvalue weighted by Crippen LogP contribution is -2.03. The number of benzene rings is 3. The largest absolute Gasteiger partial charge is 0.340 e. The number of rotatable bonds is 4. The van der Waals surface area contributed by atoms with Crippen LogP contribution >= 0.6 is 11.8 Å². The van der Waals surface area contributed by atoms with Crippen LogP contribution in [0.25, 0.3) is 21.8 Å². The third-order valence-corrected chi connectivity index (χ3v) is 5.12. The Morgan fingerprint density at radius 1 is 0.750 bits per heavy atom. The van der Waals surface area contributed by atoms with Gasteiger partial charge in [-0.25, -0.2) is 0 Å². The number of aromatic nitrogens is 1. The number of para-hydroxylation sites is 2. The molecule has 4 aromatic rings. The Balaban J connectivity index is 1.59. The van der Waals surface area contributed by atoms with Gasteiger partial charge in [0.15, 0.2) is 0 Å². The molecule has 118 valence electrons. The van der Waals surface area contributed by atoms with Crippen LogP contribution in [0.3, 0.4) is 0 Å². The van der Waals surface area contributed by atoms with Gasteiger partial charge >= 0.3 is 0 Å². The molecule has 0 atom stereocenters. The molecule has 2 nitrogen and oxygen atoms in total. The molecule has 3 heteroatoms. The van der Waals surface area contributed by atoms with Crippen molar-refractivity contribution in [2.75, 3.05) is 5.75 Å². The fourth-order valence-corrected chi connectivity index (χ4v) is 3.89. The van der Waals surface area contributed by atoms with Crippen molar-refractivity contribution in [3.05, 3.63) is 84.4 Å². The summed E-state index contributed by atoms with van der Waals surface area (Å²) in [6, 6.07) is 26.4. The maximum Gasteiger partial charge on any atom is 0.219 e. The highest BCUT2D eigenvalue weighted by Gasteiger charge is 2.10. The van der Waals surface area contributed by atoms with Crippen LogP contribution in [0.5, 0.6) is 0 Å². The molecule has 0 aliphatic heterocycles. The molecule has 0 saturated carbocycles. The third kappa shape index (κ3) is 2.72. The summed E-state index contributed by atoms with van der Waals surface area (Å²) in [5.41, 5.74) is 3.22. The van der Waals surface area contributed by atoms with E-state index < -0.39 is 0 Å². The predicted molar refractivity (Wildman–Crippen MR) is 103 cm³/mol. The second-order valence-corrected chi connectivity index (χ2v) is 6.76. The molecule has 0 radical (unpaired) electrons. The highest BCUT2D eigenvalue weighted by atomic mass is 32.2.